The molecule has 1 N–H and O–H groups in total. The zero-order valence-corrected chi connectivity index (χ0v) is 9.50. The standard InChI is InChI=1S/C11H12N2O5/c1-7(14)13-11(9(15)16,10(17)18)5-8-3-2-4-12-6-8/h2-4,6H,5H2,1H3,(H,13,14)(H,15,16)(H,17,18)/p-2. The lowest BCUT2D eigenvalue weighted by Crippen LogP contribution is -2.69. The van der Waals surface area contributed by atoms with Gasteiger partial charge in [0.1, 0.15) is 5.54 Å². The van der Waals surface area contributed by atoms with Crippen molar-refractivity contribution in [3.05, 3.63) is 30.1 Å². The molecule has 1 amide bonds. The van der Waals surface area contributed by atoms with Gasteiger partial charge in [-0.2, -0.15) is 0 Å². The van der Waals surface area contributed by atoms with Crippen LogP contribution in [0.1, 0.15) is 12.5 Å². The summed E-state index contributed by atoms with van der Waals surface area (Å²) in [5.74, 6) is -4.70. The third-order valence-electron chi connectivity index (χ3n) is 2.28. The van der Waals surface area contributed by atoms with Crippen molar-refractivity contribution in [2.45, 2.75) is 18.9 Å². The second-order valence-electron chi connectivity index (χ2n) is 3.70. The van der Waals surface area contributed by atoms with Gasteiger partial charge in [-0.05, 0) is 11.6 Å². The molecule has 0 aliphatic heterocycles. The van der Waals surface area contributed by atoms with Crippen LogP contribution in [-0.2, 0) is 20.8 Å². The topological polar surface area (TPSA) is 122 Å². The largest absolute Gasteiger partial charge is 0.547 e. The van der Waals surface area contributed by atoms with E-state index in [4.69, 9.17) is 0 Å². The van der Waals surface area contributed by atoms with E-state index in [1.807, 2.05) is 5.32 Å². The second kappa shape index (κ2) is 5.26. The fraction of sp³-hybridized carbons (Fsp3) is 0.273. The molecule has 0 fully saturated rings. The van der Waals surface area contributed by atoms with E-state index in [0.29, 0.717) is 5.56 Å². The summed E-state index contributed by atoms with van der Waals surface area (Å²) in [5.41, 5.74) is -2.28. The Kier molecular flexibility index (Phi) is 3.98. The fourth-order valence-electron chi connectivity index (χ4n) is 1.48. The quantitative estimate of drug-likeness (QED) is 0.555. The molecule has 0 saturated heterocycles. The van der Waals surface area contributed by atoms with Gasteiger partial charge in [0.05, 0.1) is 11.9 Å². The van der Waals surface area contributed by atoms with Gasteiger partial charge in [-0.3, -0.25) is 9.78 Å². The van der Waals surface area contributed by atoms with Crippen molar-refractivity contribution in [1.29, 1.82) is 0 Å². The molecule has 0 radical (unpaired) electrons. The summed E-state index contributed by atoms with van der Waals surface area (Å²) in [6, 6.07) is 2.99. The highest BCUT2D eigenvalue weighted by Gasteiger charge is 2.35. The molecule has 0 bridgehead atoms. The first-order valence-corrected chi connectivity index (χ1v) is 4.99. The third kappa shape index (κ3) is 2.82. The predicted molar refractivity (Wildman–Crippen MR) is 54.5 cm³/mol. The van der Waals surface area contributed by atoms with E-state index in [9.17, 15) is 24.6 Å². The number of carbonyl (C=O) groups is 3. The van der Waals surface area contributed by atoms with Gasteiger partial charge in [0.15, 0.2) is 0 Å². The first-order valence-electron chi connectivity index (χ1n) is 4.99. The van der Waals surface area contributed by atoms with Crippen LogP contribution < -0.4 is 15.5 Å². The second-order valence-corrected chi connectivity index (χ2v) is 3.70. The Morgan fingerprint density at radius 2 is 1.94 bits per heavy atom. The number of carboxylic acid groups (broad SMARTS) is 2. The number of hydrogen-bond acceptors (Lipinski definition) is 6. The highest BCUT2D eigenvalue weighted by Crippen LogP contribution is 2.12. The summed E-state index contributed by atoms with van der Waals surface area (Å²) in [5, 5.41) is 23.9. The number of carboxylic acids is 2. The van der Waals surface area contributed by atoms with Gasteiger partial charge in [-0.1, -0.05) is 6.07 Å². The van der Waals surface area contributed by atoms with Crippen LogP contribution in [-0.4, -0.2) is 28.4 Å². The minimum absolute atomic E-state index is 0.319. The Labute approximate surface area is 102 Å². The van der Waals surface area contributed by atoms with E-state index in [1.54, 1.807) is 0 Å². The normalized spacial score (nSPS) is 10.7. The molecule has 0 atom stereocenters. The number of carbonyl (C=O) groups excluding carboxylic acids is 3. The molecule has 7 nitrogen and oxygen atoms in total. The molecule has 0 aliphatic rings. The van der Waals surface area contributed by atoms with E-state index in [2.05, 4.69) is 4.98 Å². The van der Waals surface area contributed by atoms with Crippen molar-refractivity contribution in [2.24, 2.45) is 0 Å². The van der Waals surface area contributed by atoms with Crippen molar-refractivity contribution in [2.75, 3.05) is 0 Å². The molecule has 96 valence electrons. The minimum atomic E-state index is -2.60. The molecular formula is C11H10N2O5-2. The molecule has 18 heavy (non-hydrogen) atoms. The smallest absolute Gasteiger partial charge is 0.217 e. The van der Waals surface area contributed by atoms with Crippen LogP contribution in [0.5, 0.6) is 0 Å². The Morgan fingerprint density at radius 1 is 1.33 bits per heavy atom. The number of amides is 1. The molecule has 0 aliphatic carbocycles. The van der Waals surface area contributed by atoms with Crippen LogP contribution in [0, 0.1) is 0 Å². The first-order chi connectivity index (χ1) is 8.38. The number of rotatable bonds is 5. The van der Waals surface area contributed by atoms with Gasteiger partial charge >= 0.3 is 0 Å². The number of pyridine rings is 1. The zero-order chi connectivity index (χ0) is 13.8. The van der Waals surface area contributed by atoms with Gasteiger partial charge in [0, 0.05) is 25.7 Å². The lowest BCUT2D eigenvalue weighted by Gasteiger charge is -2.36. The van der Waals surface area contributed by atoms with Gasteiger partial charge in [0.2, 0.25) is 5.91 Å². The zero-order valence-electron chi connectivity index (χ0n) is 9.50. The maximum Gasteiger partial charge on any atom is 0.217 e. The molecule has 0 aromatic carbocycles. The van der Waals surface area contributed by atoms with Crippen molar-refractivity contribution in [1.82, 2.24) is 10.3 Å². The minimum Gasteiger partial charge on any atom is -0.547 e. The molecule has 0 unspecified atom stereocenters. The lowest BCUT2D eigenvalue weighted by atomic mass is 9.91. The van der Waals surface area contributed by atoms with E-state index in [0.717, 1.165) is 6.92 Å². The Balaban J connectivity index is 3.14. The van der Waals surface area contributed by atoms with Crippen molar-refractivity contribution < 1.29 is 24.6 Å². The SMILES string of the molecule is CC(=O)NC(Cc1cccnc1)(C(=O)[O-])C(=O)[O-]. The first kappa shape index (κ1) is 13.6. The van der Waals surface area contributed by atoms with E-state index in [1.165, 1.54) is 24.5 Å². The molecule has 0 spiro atoms. The number of nitrogens with zero attached hydrogens (tertiary/aromatic N) is 1. The third-order valence-corrected chi connectivity index (χ3v) is 2.28. The molecule has 1 rings (SSSR count). The van der Waals surface area contributed by atoms with Gasteiger partial charge in [-0.25, -0.2) is 0 Å². The molecule has 0 saturated carbocycles. The van der Waals surface area contributed by atoms with Gasteiger partial charge in [-0.15, -0.1) is 0 Å². The maximum atomic E-state index is 11.0. The van der Waals surface area contributed by atoms with Crippen LogP contribution in [0.2, 0.25) is 0 Å². The van der Waals surface area contributed by atoms with Crippen molar-refractivity contribution in [3.8, 4) is 0 Å². The summed E-state index contributed by atoms with van der Waals surface area (Å²) in [6.07, 6.45) is 2.23. The summed E-state index contributed by atoms with van der Waals surface area (Å²) >= 11 is 0. The Bertz CT molecular complexity index is 458. The molecule has 7 heteroatoms. The summed E-state index contributed by atoms with van der Waals surface area (Å²) in [7, 11) is 0. The Morgan fingerprint density at radius 3 is 2.33 bits per heavy atom. The molecule has 1 heterocycles. The lowest BCUT2D eigenvalue weighted by molar-refractivity contribution is -0.335. The molecular weight excluding hydrogens is 240 g/mol. The number of nitrogens with one attached hydrogen (secondary N) is 1. The summed E-state index contributed by atoms with van der Waals surface area (Å²) < 4.78 is 0. The number of aromatic nitrogens is 1. The van der Waals surface area contributed by atoms with Crippen LogP contribution >= 0.6 is 0 Å². The highest BCUT2D eigenvalue weighted by molar-refractivity contribution is 6.04. The predicted octanol–water partition coefficient (Wildman–Crippen LogP) is -3.00. The van der Waals surface area contributed by atoms with E-state index >= 15 is 0 Å². The highest BCUT2D eigenvalue weighted by atomic mass is 16.4. The molecule has 1 aromatic rings. The Hall–Kier alpha value is -2.44. The average Bonchev–Trinajstić information content (AvgIpc) is 2.28. The fourth-order valence-corrected chi connectivity index (χ4v) is 1.48. The van der Waals surface area contributed by atoms with Gasteiger partial charge < -0.3 is 25.1 Å². The van der Waals surface area contributed by atoms with Crippen molar-refractivity contribution >= 4 is 17.8 Å². The van der Waals surface area contributed by atoms with Crippen LogP contribution in [0.25, 0.3) is 0 Å². The van der Waals surface area contributed by atoms with Crippen molar-refractivity contribution in [3.63, 3.8) is 0 Å². The van der Waals surface area contributed by atoms with E-state index < -0.39 is 29.8 Å². The van der Waals surface area contributed by atoms with Crippen LogP contribution in [0.15, 0.2) is 24.5 Å². The molecule has 1 aromatic heterocycles. The number of aliphatic carboxylic acids is 2. The summed E-state index contributed by atoms with van der Waals surface area (Å²) in [4.78, 5) is 36.7. The van der Waals surface area contributed by atoms with Gasteiger partial charge in [0.25, 0.3) is 0 Å². The summed E-state index contributed by atoms with van der Waals surface area (Å²) in [6.45, 7) is 1.00. The van der Waals surface area contributed by atoms with Crippen LogP contribution in [0.3, 0.4) is 0 Å². The van der Waals surface area contributed by atoms with Crippen LogP contribution in [0.4, 0.5) is 0 Å². The monoisotopic (exact) mass is 250 g/mol. The number of hydrogen-bond donors (Lipinski definition) is 1. The average molecular weight is 250 g/mol. The van der Waals surface area contributed by atoms with E-state index in [-0.39, 0.29) is 0 Å². The maximum absolute atomic E-state index is 11.0.